The van der Waals surface area contributed by atoms with Crippen molar-refractivity contribution in [1.82, 2.24) is 0 Å². The molecule has 0 radical (unpaired) electrons. The third-order valence-corrected chi connectivity index (χ3v) is 3.70. The number of ketones is 1. The molecule has 1 fully saturated rings. The molecule has 1 aromatic rings. The number of azide groups is 1. The van der Waals surface area contributed by atoms with Gasteiger partial charge in [-0.25, -0.2) is 0 Å². The van der Waals surface area contributed by atoms with Crippen molar-refractivity contribution in [3.63, 3.8) is 0 Å². The van der Waals surface area contributed by atoms with Gasteiger partial charge in [0, 0.05) is 17.4 Å². The maximum absolute atomic E-state index is 12.4. The first-order valence-corrected chi connectivity index (χ1v) is 6.49. The van der Waals surface area contributed by atoms with Gasteiger partial charge in [0.1, 0.15) is 22.8 Å². The van der Waals surface area contributed by atoms with Crippen LogP contribution in [0.4, 0.5) is 0 Å². The molecular weight excluding hydrogens is 258 g/mol. The fourth-order valence-corrected chi connectivity index (χ4v) is 2.60. The number of hydrogen-bond acceptors (Lipinski definition) is 4. The van der Waals surface area contributed by atoms with E-state index in [2.05, 4.69) is 10.0 Å². The Hall–Kier alpha value is -2.20. The molecule has 2 rings (SSSR count). The van der Waals surface area contributed by atoms with Gasteiger partial charge in [-0.2, -0.15) is 0 Å². The van der Waals surface area contributed by atoms with Gasteiger partial charge in [0.15, 0.2) is 0 Å². The summed E-state index contributed by atoms with van der Waals surface area (Å²) >= 11 is 0. The minimum Gasteiger partial charge on any atom is -0.497 e. The zero-order chi connectivity index (χ0) is 14.6. The Kier molecular flexibility index (Phi) is 4.15. The summed E-state index contributed by atoms with van der Waals surface area (Å²) in [5.41, 5.74) is 8.36. The average molecular weight is 275 g/mol. The maximum atomic E-state index is 12.4. The highest BCUT2D eigenvalue weighted by atomic mass is 16.5. The van der Waals surface area contributed by atoms with E-state index in [4.69, 9.17) is 15.0 Å². The molecule has 6 heteroatoms. The number of carbonyl (C=O) groups excluding carboxylic acids is 1. The van der Waals surface area contributed by atoms with E-state index in [1.54, 1.807) is 32.4 Å². The highest BCUT2D eigenvalue weighted by Crippen LogP contribution is 2.41. The molecule has 20 heavy (non-hydrogen) atoms. The highest BCUT2D eigenvalue weighted by Gasteiger charge is 2.41. The van der Waals surface area contributed by atoms with E-state index in [-0.39, 0.29) is 5.78 Å². The van der Waals surface area contributed by atoms with Crippen molar-refractivity contribution in [2.45, 2.75) is 31.2 Å². The summed E-state index contributed by atoms with van der Waals surface area (Å²) < 4.78 is 10.4. The van der Waals surface area contributed by atoms with Gasteiger partial charge < -0.3 is 9.47 Å². The predicted octanol–water partition coefficient (Wildman–Crippen LogP) is 3.35. The first kappa shape index (κ1) is 14.2. The molecule has 1 unspecified atom stereocenters. The van der Waals surface area contributed by atoms with Gasteiger partial charge in [0.05, 0.1) is 14.2 Å². The fraction of sp³-hybridized carbons (Fsp3) is 0.500. The lowest BCUT2D eigenvalue weighted by Gasteiger charge is -2.32. The van der Waals surface area contributed by atoms with Crippen LogP contribution in [-0.4, -0.2) is 20.0 Å². The molecule has 1 atom stereocenters. The third-order valence-electron chi connectivity index (χ3n) is 3.70. The third kappa shape index (κ3) is 2.42. The molecule has 0 bridgehead atoms. The largest absolute Gasteiger partial charge is 0.497 e. The van der Waals surface area contributed by atoms with Gasteiger partial charge in [-0.15, -0.1) is 0 Å². The van der Waals surface area contributed by atoms with Crippen LogP contribution >= 0.6 is 0 Å². The van der Waals surface area contributed by atoms with E-state index in [1.807, 2.05) is 0 Å². The van der Waals surface area contributed by atoms with E-state index < -0.39 is 5.54 Å². The SMILES string of the molecule is COc1cc(OC)cc(C2(N=[N+]=[N-])CCCCC2=O)c1. The fourth-order valence-electron chi connectivity index (χ4n) is 2.60. The second kappa shape index (κ2) is 5.84. The Morgan fingerprint density at radius 2 is 1.85 bits per heavy atom. The quantitative estimate of drug-likeness (QED) is 0.479. The van der Waals surface area contributed by atoms with Gasteiger partial charge in [0.2, 0.25) is 0 Å². The maximum Gasteiger partial charge on any atom is 0.149 e. The van der Waals surface area contributed by atoms with Crippen LogP contribution in [0, 0.1) is 0 Å². The van der Waals surface area contributed by atoms with Gasteiger partial charge >= 0.3 is 0 Å². The summed E-state index contributed by atoms with van der Waals surface area (Å²) in [5.74, 6) is 1.10. The minimum atomic E-state index is -1.13. The van der Waals surface area contributed by atoms with E-state index in [1.165, 1.54) is 0 Å². The minimum absolute atomic E-state index is 0.0446. The van der Waals surface area contributed by atoms with Gasteiger partial charge in [-0.3, -0.25) is 4.79 Å². The Bertz CT molecular complexity index is 545. The number of hydrogen-bond donors (Lipinski definition) is 0. The van der Waals surface area contributed by atoms with Crippen LogP contribution in [0.5, 0.6) is 11.5 Å². The number of nitrogens with zero attached hydrogens (tertiary/aromatic N) is 3. The van der Waals surface area contributed by atoms with Crippen LogP contribution in [-0.2, 0) is 10.3 Å². The number of methoxy groups -OCH3 is 2. The van der Waals surface area contributed by atoms with Crippen molar-refractivity contribution in [2.75, 3.05) is 14.2 Å². The van der Waals surface area contributed by atoms with Gasteiger partial charge in [-0.1, -0.05) is 11.5 Å². The molecule has 0 saturated heterocycles. The molecule has 1 aromatic carbocycles. The number of carbonyl (C=O) groups is 1. The number of rotatable bonds is 4. The molecule has 0 N–H and O–H groups in total. The van der Waals surface area contributed by atoms with E-state index >= 15 is 0 Å². The van der Waals surface area contributed by atoms with Crippen LogP contribution in [0.25, 0.3) is 10.4 Å². The normalized spacial score (nSPS) is 22.0. The summed E-state index contributed by atoms with van der Waals surface area (Å²) in [5, 5.41) is 3.84. The monoisotopic (exact) mass is 275 g/mol. The van der Waals surface area contributed by atoms with Crippen LogP contribution in [0.3, 0.4) is 0 Å². The molecule has 0 aromatic heterocycles. The first-order valence-electron chi connectivity index (χ1n) is 6.49. The van der Waals surface area contributed by atoms with Crippen molar-refractivity contribution in [2.24, 2.45) is 5.11 Å². The Labute approximate surface area is 117 Å². The number of benzene rings is 1. The summed E-state index contributed by atoms with van der Waals surface area (Å²) in [6, 6.07) is 5.20. The first-order chi connectivity index (χ1) is 9.66. The summed E-state index contributed by atoms with van der Waals surface area (Å²) in [6.45, 7) is 0. The van der Waals surface area contributed by atoms with Crippen molar-refractivity contribution in [3.05, 3.63) is 34.2 Å². The molecule has 0 amide bonds. The molecule has 0 aliphatic heterocycles. The molecular formula is C14H17N3O3. The zero-order valence-electron chi connectivity index (χ0n) is 11.6. The summed E-state index contributed by atoms with van der Waals surface area (Å²) in [7, 11) is 3.09. The van der Waals surface area contributed by atoms with E-state index in [0.717, 1.165) is 12.8 Å². The number of ether oxygens (including phenoxy) is 2. The second-order valence-corrected chi connectivity index (χ2v) is 4.78. The zero-order valence-corrected chi connectivity index (χ0v) is 11.6. The van der Waals surface area contributed by atoms with Gasteiger partial charge in [-0.05, 0) is 36.1 Å². The van der Waals surface area contributed by atoms with Crippen LogP contribution in [0.2, 0.25) is 0 Å². The Balaban J connectivity index is 2.59. The molecule has 1 aliphatic rings. The van der Waals surface area contributed by atoms with E-state index in [9.17, 15) is 4.79 Å². The van der Waals surface area contributed by atoms with Crippen molar-refractivity contribution in [1.29, 1.82) is 0 Å². The van der Waals surface area contributed by atoms with Crippen molar-refractivity contribution < 1.29 is 14.3 Å². The lowest BCUT2D eigenvalue weighted by Crippen LogP contribution is -2.36. The highest BCUT2D eigenvalue weighted by molar-refractivity contribution is 5.90. The Morgan fingerprint density at radius 1 is 1.20 bits per heavy atom. The Morgan fingerprint density at radius 3 is 2.35 bits per heavy atom. The van der Waals surface area contributed by atoms with Crippen molar-refractivity contribution in [3.8, 4) is 11.5 Å². The summed E-state index contributed by atoms with van der Waals surface area (Å²) in [4.78, 5) is 15.3. The lowest BCUT2D eigenvalue weighted by atomic mass is 9.76. The average Bonchev–Trinajstić information content (AvgIpc) is 2.49. The molecule has 1 aliphatic carbocycles. The lowest BCUT2D eigenvalue weighted by molar-refractivity contribution is -0.126. The standard InChI is InChI=1S/C14H17N3O3/c1-19-11-7-10(8-12(9-11)20-2)14(16-17-15)6-4-3-5-13(14)18/h7-9H,3-6H2,1-2H3. The predicted molar refractivity (Wildman–Crippen MR) is 73.8 cm³/mol. The molecule has 1 saturated carbocycles. The number of Topliss-reactive ketones (excluding diaryl/α,β-unsaturated/α-hetero) is 1. The smallest absolute Gasteiger partial charge is 0.149 e. The molecule has 0 spiro atoms. The van der Waals surface area contributed by atoms with Crippen LogP contribution < -0.4 is 9.47 Å². The van der Waals surface area contributed by atoms with E-state index in [0.29, 0.717) is 29.9 Å². The molecule has 106 valence electrons. The molecule has 0 heterocycles. The van der Waals surface area contributed by atoms with Crippen LogP contribution in [0.15, 0.2) is 23.3 Å². The summed E-state index contributed by atoms with van der Waals surface area (Å²) in [6.07, 6.45) is 2.64. The topological polar surface area (TPSA) is 84.3 Å². The second-order valence-electron chi connectivity index (χ2n) is 4.78. The van der Waals surface area contributed by atoms with Crippen LogP contribution in [0.1, 0.15) is 31.2 Å². The van der Waals surface area contributed by atoms with Crippen molar-refractivity contribution >= 4 is 5.78 Å². The van der Waals surface area contributed by atoms with Gasteiger partial charge in [0.25, 0.3) is 0 Å². The molecule has 6 nitrogen and oxygen atoms in total.